The highest BCUT2D eigenvalue weighted by Gasteiger charge is 2.10. The highest BCUT2D eigenvalue weighted by molar-refractivity contribution is 6.20. The highest BCUT2D eigenvalue weighted by Crippen LogP contribution is 2.15. The van der Waals surface area contributed by atoms with E-state index in [1.165, 1.54) is 0 Å². The van der Waals surface area contributed by atoms with E-state index in [1.54, 1.807) is 10.9 Å². The topological polar surface area (TPSA) is 69.6 Å². The number of aryl methyl sites for hydroxylation is 1. The molecule has 1 atom stereocenters. The zero-order chi connectivity index (χ0) is 12.3. The number of hydrogen-bond donors (Lipinski definition) is 0. The van der Waals surface area contributed by atoms with Crippen molar-refractivity contribution in [2.75, 3.05) is 0 Å². The van der Waals surface area contributed by atoms with Gasteiger partial charge in [-0.1, -0.05) is 17.3 Å². The first-order valence-corrected chi connectivity index (χ1v) is 5.98. The van der Waals surface area contributed by atoms with Crippen LogP contribution in [-0.4, -0.2) is 25.1 Å². The SMILES string of the molecule is CCCc1nc(Cn2cc(C(C)Cl)nn2)no1. The molecule has 17 heavy (non-hydrogen) atoms. The lowest BCUT2D eigenvalue weighted by Gasteiger charge is -1.94. The van der Waals surface area contributed by atoms with E-state index < -0.39 is 0 Å². The Morgan fingerprint density at radius 2 is 2.35 bits per heavy atom. The molecule has 0 aromatic carbocycles. The first-order valence-electron chi connectivity index (χ1n) is 5.54. The van der Waals surface area contributed by atoms with Crippen LogP contribution in [0.3, 0.4) is 0 Å². The normalized spacial score (nSPS) is 12.9. The van der Waals surface area contributed by atoms with Crippen LogP contribution < -0.4 is 0 Å². The van der Waals surface area contributed by atoms with Gasteiger partial charge in [-0.25, -0.2) is 4.68 Å². The molecule has 6 nitrogen and oxygen atoms in total. The van der Waals surface area contributed by atoms with Gasteiger partial charge in [-0.3, -0.25) is 0 Å². The van der Waals surface area contributed by atoms with Gasteiger partial charge in [0, 0.05) is 6.42 Å². The second-order valence-electron chi connectivity index (χ2n) is 3.81. The first kappa shape index (κ1) is 12.0. The molecule has 2 aromatic rings. The van der Waals surface area contributed by atoms with E-state index >= 15 is 0 Å². The molecule has 2 aromatic heterocycles. The van der Waals surface area contributed by atoms with Crippen LogP contribution in [0.5, 0.6) is 0 Å². The largest absolute Gasteiger partial charge is 0.339 e. The molecule has 0 spiro atoms. The van der Waals surface area contributed by atoms with E-state index in [9.17, 15) is 0 Å². The lowest BCUT2D eigenvalue weighted by molar-refractivity contribution is 0.370. The molecule has 0 saturated heterocycles. The third-order valence-corrected chi connectivity index (χ3v) is 2.46. The molecule has 1 unspecified atom stereocenters. The summed E-state index contributed by atoms with van der Waals surface area (Å²) >= 11 is 5.90. The Balaban J connectivity index is 2.03. The van der Waals surface area contributed by atoms with Gasteiger partial charge >= 0.3 is 0 Å². The number of alkyl halides is 1. The molecule has 0 saturated carbocycles. The molecule has 0 bridgehead atoms. The van der Waals surface area contributed by atoms with Crippen molar-refractivity contribution >= 4 is 11.6 Å². The van der Waals surface area contributed by atoms with Gasteiger partial charge < -0.3 is 4.52 Å². The number of aromatic nitrogens is 5. The van der Waals surface area contributed by atoms with Gasteiger partial charge in [-0.15, -0.1) is 16.7 Å². The van der Waals surface area contributed by atoms with Crippen molar-refractivity contribution in [2.45, 2.75) is 38.6 Å². The zero-order valence-corrected chi connectivity index (χ0v) is 10.6. The summed E-state index contributed by atoms with van der Waals surface area (Å²) in [5.74, 6) is 1.26. The van der Waals surface area contributed by atoms with Gasteiger partial charge in [0.05, 0.1) is 11.6 Å². The fraction of sp³-hybridized carbons (Fsp3) is 0.600. The minimum Gasteiger partial charge on any atom is -0.339 e. The molecule has 2 heterocycles. The Morgan fingerprint density at radius 1 is 1.53 bits per heavy atom. The minimum atomic E-state index is -0.148. The summed E-state index contributed by atoms with van der Waals surface area (Å²) in [5, 5.41) is 11.6. The first-order chi connectivity index (χ1) is 8.19. The van der Waals surface area contributed by atoms with Gasteiger partial charge in [0.1, 0.15) is 12.2 Å². The Bertz CT molecular complexity index is 479. The number of rotatable bonds is 5. The Labute approximate surface area is 104 Å². The third-order valence-electron chi connectivity index (χ3n) is 2.24. The summed E-state index contributed by atoms with van der Waals surface area (Å²) < 4.78 is 6.73. The van der Waals surface area contributed by atoms with Crippen molar-refractivity contribution in [3.63, 3.8) is 0 Å². The van der Waals surface area contributed by atoms with Crippen molar-refractivity contribution in [1.82, 2.24) is 25.1 Å². The van der Waals surface area contributed by atoms with Crippen LogP contribution in [-0.2, 0) is 13.0 Å². The summed E-state index contributed by atoms with van der Waals surface area (Å²) in [5.41, 5.74) is 0.740. The second kappa shape index (κ2) is 5.27. The van der Waals surface area contributed by atoms with Crippen molar-refractivity contribution in [2.24, 2.45) is 0 Å². The molecule has 0 radical (unpaired) electrons. The van der Waals surface area contributed by atoms with Gasteiger partial charge in [-0.2, -0.15) is 4.98 Å². The van der Waals surface area contributed by atoms with Crippen LogP contribution >= 0.6 is 11.6 Å². The predicted molar refractivity (Wildman–Crippen MR) is 61.7 cm³/mol. The third kappa shape index (κ3) is 3.03. The molecule has 0 aliphatic rings. The van der Waals surface area contributed by atoms with E-state index in [0.29, 0.717) is 18.3 Å². The van der Waals surface area contributed by atoms with Crippen LogP contribution in [0.25, 0.3) is 0 Å². The second-order valence-corrected chi connectivity index (χ2v) is 4.47. The predicted octanol–water partition coefficient (Wildman–Crippen LogP) is 1.96. The molecule has 92 valence electrons. The molecule has 0 amide bonds. The molecule has 0 aliphatic heterocycles. The maximum atomic E-state index is 5.90. The number of halogens is 1. The summed E-state index contributed by atoms with van der Waals surface area (Å²) in [6.45, 7) is 4.36. The Kier molecular flexibility index (Phi) is 3.73. The van der Waals surface area contributed by atoms with Crippen molar-refractivity contribution in [3.8, 4) is 0 Å². The number of nitrogens with zero attached hydrogens (tertiary/aromatic N) is 5. The molecule has 0 aliphatic carbocycles. The summed E-state index contributed by atoms with van der Waals surface area (Å²) in [4.78, 5) is 4.25. The van der Waals surface area contributed by atoms with E-state index in [0.717, 1.165) is 18.5 Å². The Hall–Kier alpha value is -1.43. The van der Waals surface area contributed by atoms with Crippen molar-refractivity contribution in [3.05, 3.63) is 23.6 Å². The molecule has 0 fully saturated rings. The smallest absolute Gasteiger partial charge is 0.226 e. The van der Waals surface area contributed by atoms with E-state index in [2.05, 4.69) is 27.4 Å². The van der Waals surface area contributed by atoms with Crippen LogP contribution in [0.15, 0.2) is 10.7 Å². The highest BCUT2D eigenvalue weighted by atomic mass is 35.5. The average Bonchev–Trinajstić information content (AvgIpc) is 2.89. The van der Waals surface area contributed by atoms with Crippen LogP contribution in [0.4, 0.5) is 0 Å². The Morgan fingerprint density at radius 3 is 3.00 bits per heavy atom. The maximum Gasteiger partial charge on any atom is 0.226 e. The quantitative estimate of drug-likeness (QED) is 0.764. The average molecular weight is 256 g/mol. The molecule has 2 rings (SSSR count). The van der Waals surface area contributed by atoms with Crippen LogP contribution in [0, 0.1) is 0 Å². The van der Waals surface area contributed by atoms with E-state index in [4.69, 9.17) is 16.1 Å². The molecule has 7 heteroatoms. The van der Waals surface area contributed by atoms with E-state index in [1.807, 2.05) is 6.92 Å². The fourth-order valence-electron chi connectivity index (χ4n) is 1.39. The molecule has 0 N–H and O–H groups in total. The monoisotopic (exact) mass is 255 g/mol. The lowest BCUT2D eigenvalue weighted by Crippen LogP contribution is -2.02. The van der Waals surface area contributed by atoms with Crippen LogP contribution in [0.1, 0.15) is 43.1 Å². The standard InChI is InChI=1S/C10H14ClN5O/c1-3-4-10-12-9(14-17-10)6-16-5-8(7(2)11)13-15-16/h5,7H,3-4,6H2,1-2H3. The van der Waals surface area contributed by atoms with Crippen molar-refractivity contribution < 1.29 is 4.52 Å². The van der Waals surface area contributed by atoms with Gasteiger partial charge in [0.2, 0.25) is 5.89 Å². The summed E-state index contributed by atoms with van der Waals surface area (Å²) in [7, 11) is 0. The zero-order valence-electron chi connectivity index (χ0n) is 9.80. The van der Waals surface area contributed by atoms with E-state index in [-0.39, 0.29) is 5.38 Å². The molecular weight excluding hydrogens is 242 g/mol. The molecular formula is C10H14ClN5O. The number of hydrogen-bond acceptors (Lipinski definition) is 5. The van der Waals surface area contributed by atoms with Crippen molar-refractivity contribution in [1.29, 1.82) is 0 Å². The summed E-state index contributed by atoms with van der Waals surface area (Å²) in [6.07, 6.45) is 3.57. The summed E-state index contributed by atoms with van der Waals surface area (Å²) in [6, 6.07) is 0. The van der Waals surface area contributed by atoms with Gasteiger partial charge in [0.15, 0.2) is 5.82 Å². The van der Waals surface area contributed by atoms with Gasteiger partial charge in [0.25, 0.3) is 0 Å². The fourth-order valence-corrected chi connectivity index (χ4v) is 1.49. The van der Waals surface area contributed by atoms with Gasteiger partial charge in [-0.05, 0) is 13.3 Å². The minimum absolute atomic E-state index is 0.148. The van der Waals surface area contributed by atoms with Crippen LogP contribution in [0.2, 0.25) is 0 Å². The lowest BCUT2D eigenvalue weighted by atomic mass is 10.3. The maximum absolute atomic E-state index is 5.90.